The van der Waals surface area contributed by atoms with E-state index in [0.29, 0.717) is 6.61 Å². The maximum atomic E-state index is 8.24. The van der Waals surface area contributed by atoms with Crippen molar-refractivity contribution in [2.75, 3.05) is 6.61 Å². The fourth-order valence-electron chi connectivity index (χ4n) is 3.95. The standard InChI is InChI=1S/C25H52O2/c1-2-3-4-5-6-7-8-9-10-11-12-13-14-15-16-17-18-19-20-21-22-23-24-25-27-26/h26H,2-25H2,1H3. The predicted octanol–water partition coefficient (Wildman–Crippen LogP) is 9.47. The maximum absolute atomic E-state index is 8.24. The minimum Gasteiger partial charge on any atom is -0.252 e. The van der Waals surface area contributed by atoms with E-state index in [4.69, 9.17) is 5.26 Å². The summed E-state index contributed by atoms with van der Waals surface area (Å²) in [6.07, 6.45) is 32.4. The maximum Gasteiger partial charge on any atom is 0.0819 e. The van der Waals surface area contributed by atoms with E-state index < -0.39 is 0 Å². The van der Waals surface area contributed by atoms with Gasteiger partial charge < -0.3 is 0 Å². The summed E-state index contributed by atoms with van der Waals surface area (Å²) < 4.78 is 0. The summed E-state index contributed by atoms with van der Waals surface area (Å²) in [7, 11) is 0. The third-order valence-corrected chi connectivity index (χ3v) is 5.84. The SMILES string of the molecule is CCCCCCCCCCCCCCCCCCCCCCCCCOO. The molecule has 0 aromatic carbocycles. The highest BCUT2D eigenvalue weighted by Crippen LogP contribution is 2.15. The first-order valence-corrected chi connectivity index (χ1v) is 12.7. The lowest BCUT2D eigenvalue weighted by molar-refractivity contribution is -0.242. The Morgan fingerprint density at radius 2 is 0.593 bits per heavy atom. The van der Waals surface area contributed by atoms with Crippen LogP contribution in [0.25, 0.3) is 0 Å². The normalized spacial score (nSPS) is 11.3. The first kappa shape index (κ1) is 26.9. The molecule has 0 radical (unpaired) electrons. The van der Waals surface area contributed by atoms with Crippen molar-refractivity contribution in [3.05, 3.63) is 0 Å². The van der Waals surface area contributed by atoms with E-state index in [1.54, 1.807) is 0 Å². The molecule has 0 aromatic heterocycles. The summed E-state index contributed by atoms with van der Waals surface area (Å²) in [6.45, 7) is 2.79. The highest BCUT2D eigenvalue weighted by Gasteiger charge is 1.96. The molecule has 0 aliphatic rings. The lowest BCUT2D eigenvalue weighted by Gasteiger charge is -2.04. The average molecular weight is 385 g/mol. The quantitative estimate of drug-likeness (QED) is 0.102. The van der Waals surface area contributed by atoms with Crippen LogP contribution < -0.4 is 0 Å². The first-order valence-electron chi connectivity index (χ1n) is 12.7. The third kappa shape index (κ3) is 25.9. The Bertz CT molecular complexity index is 218. The summed E-state index contributed by atoms with van der Waals surface area (Å²) in [5, 5.41) is 8.24. The zero-order valence-corrected chi connectivity index (χ0v) is 18.8. The molecule has 2 heteroatoms. The second-order valence-electron chi connectivity index (χ2n) is 8.61. The first-order chi connectivity index (χ1) is 13.4. The lowest BCUT2D eigenvalue weighted by Crippen LogP contribution is -1.88. The Morgan fingerprint density at radius 3 is 0.815 bits per heavy atom. The van der Waals surface area contributed by atoms with Crippen molar-refractivity contribution in [2.45, 2.75) is 155 Å². The van der Waals surface area contributed by atoms with Gasteiger partial charge in [-0.25, -0.2) is 4.89 Å². The zero-order chi connectivity index (χ0) is 19.7. The summed E-state index contributed by atoms with van der Waals surface area (Å²) in [5.74, 6) is 0. The van der Waals surface area contributed by atoms with Crippen molar-refractivity contribution in [3.63, 3.8) is 0 Å². The van der Waals surface area contributed by atoms with Crippen LogP contribution in [0, 0.1) is 0 Å². The van der Waals surface area contributed by atoms with Gasteiger partial charge >= 0.3 is 0 Å². The highest BCUT2D eigenvalue weighted by atomic mass is 17.1. The average Bonchev–Trinajstić information content (AvgIpc) is 2.68. The molecule has 1 N–H and O–H groups in total. The topological polar surface area (TPSA) is 29.5 Å². The Balaban J connectivity index is 2.95. The van der Waals surface area contributed by atoms with Gasteiger partial charge in [-0.05, 0) is 6.42 Å². The van der Waals surface area contributed by atoms with Crippen LogP contribution in [0.5, 0.6) is 0 Å². The van der Waals surface area contributed by atoms with Crippen molar-refractivity contribution in [1.82, 2.24) is 0 Å². The summed E-state index contributed by atoms with van der Waals surface area (Å²) in [5.41, 5.74) is 0. The minimum atomic E-state index is 0.499. The fourth-order valence-corrected chi connectivity index (χ4v) is 3.95. The Labute approximate surface area is 171 Å². The van der Waals surface area contributed by atoms with Gasteiger partial charge in [-0.15, -0.1) is 0 Å². The zero-order valence-electron chi connectivity index (χ0n) is 18.8. The lowest BCUT2D eigenvalue weighted by atomic mass is 10.0. The van der Waals surface area contributed by atoms with Crippen molar-refractivity contribution in [1.29, 1.82) is 0 Å². The van der Waals surface area contributed by atoms with E-state index in [-0.39, 0.29) is 0 Å². The van der Waals surface area contributed by atoms with Gasteiger partial charge in [0.2, 0.25) is 0 Å². The molecule has 0 fully saturated rings. The molecule has 0 saturated heterocycles. The van der Waals surface area contributed by atoms with Gasteiger partial charge in [0.1, 0.15) is 0 Å². The molecule has 0 amide bonds. The minimum absolute atomic E-state index is 0.499. The van der Waals surface area contributed by atoms with Gasteiger partial charge in [0.15, 0.2) is 0 Å². The van der Waals surface area contributed by atoms with Crippen molar-refractivity contribution in [3.8, 4) is 0 Å². The molecular weight excluding hydrogens is 332 g/mol. The Hall–Kier alpha value is -0.0800. The van der Waals surface area contributed by atoms with Crippen molar-refractivity contribution < 1.29 is 10.1 Å². The van der Waals surface area contributed by atoms with Crippen molar-refractivity contribution >= 4 is 0 Å². The van der Waals surface area contributed by atoms with Gasteiger partial charge in [0.25, 0.3) is 0 Å². The number of hydrogen-bond donors (Lipinski definition) is 1. The molecule has 0 bridgehead atoms. The van der Waals surface area contributed by atoms with E-state index >= 15 is 0 Å². The van der Waals surface area contributed by atoms with Crippen LogP contribution in [0.4, 0.5) is 0 Å². The number of unbranched alkanes of at least 4 members (excludes halogenated alkanes) is 22. The summed E-state index contributed by atoms with van der Waals surface area (Å²) in [6, 6.07) is 0. The molecule has 0 spiro atoms. The van der Waals surface area contributed by atoms with Crippen LogP contribution in [-0.2, 0) is 4.89 Å². The van der Waals surface area contributed by atoms with Crippen LogP contribution in [0.3, 0.4) is 0 Å². The molecule has 0 aliphatic heterocycles. The van der Waals surface area contributed by atoms with Crippen LogP contribution >= 0.6 is 0 Å². The van der Waals surface area contributed by atoms with E-state index in [1.807, 2.05) is 0 Å². The molecule has 164 valence electrons. The fraction of sp³-hybridized carbons (Fsp3) is 1.00. The van der Waals surface area contributed by atoms with Gasteiger partial charge in [-0.3, -0.25) is 5.26 Å². The Kier molecular flexibility index (Phi) is 25.8. The third-order valence-electron chi connectivity index (χ3n) is 5.84. The molecule has 27 heavy (non-hydrogen) atoms. The molecule has 2 nitrogen and oxygen atoms in total. The van der Waals surface area contributed by atoms with Gasteiger partial charge in [0, 0.05) is 0 Å². The van der Waals surface area contributed by atoms with E-state index in [9.17, 15) is 0 Å². The van der Waals surface area contributed by atoms with Crippen LogP contribution in [-0.4, -0.2) is 11.9 Å². The van der Waals surface area contributed by atoms with E-state index in [1.165, 1.54) is 141 Å². The van der Waals surface area contributed by atoms with Crippen LogP contribution in [0.15, 0.2) is 0 Å². The highest BCUT2D eigenvalue weighted by molar-refractivity contribution is 4.51. The molecule has 0 atom stereocenters. The Morgan fingerprint density at radius 1 is 0.370 bits per heavy atom. The van der Waals surface area contributed by atoms with Crippen molar-refractivity contribution in [2.24, 2.45) is 0 Å². The molecule has 0 rings (SSSR count). The van der Waals surface area contributed by atoms with Gasteiger partial charge in [0.05, 0.1) is 6.61 Å². The second-order valence-corrected chi connectivity index (χ2v) is 8.61. The molecule has 0 heterocycles. The molecule has 0 saturated carbocycles. The van der Waals surface area contributed by atoms with Gasteiger partial charge in [-0.1, -0.05) is 148 Å². The van der Waals surface area contributed by atoms with E-state index in [0.717, 1.165) is 6.42 Å². The summed E-state index contributed by atoms with van der Waals surface area (Å²) >= 11 is 0. The molecule has 0 unspecified atom stereocenters. The smallest absolute Gasteiger partial charge is 0.0819 e. The largest absolute Gasteiger partial charge is 0.252 e. The van der Waals surface area contributed by atoms with Crippen LogP contribution in [0.1, 0.15) is 155 Å². The second kappa shape index (κ2) is 25.9. The summed E-state index contributed by atoms with van der Waals surface area (Å²) in [4.78, 5) is 4.09. The van der Waals surface area contributed by atoms with Crippen LogP contribution in [0.2, 0.25) is 0 Å². The monoisotopic (exact) mass is 384 g/mol. The molecule has 0 aromatic rings. The molecule has 0 aliphatic carbocycles. The number of hydrogen-bond acceptors (Lipinski definition) is 2. The van der Waals surface area contributed by atoms with Gasteiger partial charge in [-0.2, -0.15) is 0 Å². The number of rotatable bonds is 24. The predicted molar refractivity (Wildman–Crippen MR) is 120 cm³/mol. The molecular formula is C25H52O2. The van der Waals surface area contributed by atoms with E-state index in [2.05, 4.69) is 11.8 Å².